The van der Waals surface area contributed by atoms with Crippen molar-refractivity contribution in [2.24, 2.45) is 16.9 Å². The number of aromatic nitrogens is 1. The Labute approximate surface area is 99.4 Å². The maximum absolute atomic E-state index is 11.7. The molecular formula is C13H13N3O. The highest BCUT2D eigenvalue weighted by molar-refractivity contribution is 5.97. The van der Waals surface area contributed by atoms with Crippen molar-refractivity contribution in [3.63, 3.8) is 0 Å². The molecular weight excluding hydrogens is 214 g/mol. The Kier molecular flexibility index (Phi) is 2.48. The van der Waals surface area contributed by atoms with Crippen molar-refractivity contribution in [2.75, 3.05) is 0 Å². The molecule has 3 rings (SSSR count). The van der Waals surface area contributed by atoms with E-state index in [1.165, 1.54) is 0 Å². The lowest BCUT2D eigenvalue weighted by Crippen LogP contribution is -2.35. The predicted molar refractivity (Wildman–Crippen MR) is 64.5 cm³/mol. The van der Waals surface area contributed by atoms with Gasteiger partial charge in [-0.05, 0) is 30.9 Å². The topological polar surface area (TPSA) is 54.4 Å². The molecule has 4 heteroatoms. The van der Waals surface area contributed by atoms with Crippen LogP contribution in [0.25, 0.3) is 0 Å². The molecule has 0 radical (unpaired) electrons. The Morgan fingerprint density at radius 3 is 3.18 bits per heavy atom. The Hall–Kier alpha value is -1.97. The van der Waals surface area contributed by atoms with Crippen LogP contribution in [0.2, 0.25) is 0 Å². The van der Waals surface area contributed by atoms with Crippen LogP contribution in [0.1, 0.15) is 23.3 Å². The third kappa shape index (κ3) is 1.86. The summed E-state index contributed by atoms with van der Waals surface area (Å²) in [5, 5.41) is 4.19. The van der Waals surface area contributed by atoms with Crippen LogP contribution in [-0.4, -0.2) is 16.6 Å². The highest BCUT2D eigenvalue weighted by Crippen LogP contribution is 2.39. The van der Waals surface area contributed by atoms with Gasteiger partial charge in [-0.1, -0.05) is 18.2 Å². The summed E-state index contributed by atoms with van der Waals surface area (Å²) in [6, 6.07) is 5.24. The van der Waals surface area contributed by atoms with Gasteiger partial charge >= 0.3 is 0 Å². The molecule has 4 nitrogen and oxygen atoms in total. The van der Waals surface area contributed by atoms with E-state index in [0.717, 1.165) is 18.6 Å². The fourth-order valence-corrected chi connectivity index (χ4v) is 2.34. The van der Waals surface area contributed by atoms with Crippen LogP contribution in [0, 0.1) is 11.8 Å². The molecule has 86 valence electrons. The number of carbonyl (C=O) groups excluding carboxylic acids is 1. The second-order valence-corrected chi connectivity index (χ2v) is 4.40. The number of hydrazone groups is 1. The van der Waals surface area contributed by atoms with E-state index in [1.807, 2.05) is 0 Å². The summed E-state index contributed by atoms with van der Waals surface area (Å²) in [5.74, 6) is 0.937. The molecule has 0 aliphatic heterocycles. The molecule has 1 N–H and O–H groups in total. The van der Waals surface area contributed by atoms with Crippen molar-refractivity contribution < 1.29 is 4.79 Å². The zero-order valence-electron chi connectivity index (χ0n) is 9.34. The first-order valence-corrected chi connectivity index (χ1v) is 5.79. The monoisotopic (exact) mass is 227 g/mol. The van der Waals surface area contributed by atoms with Gasteiger partial charge < -0.3 is 0 Å². The van der Waals surface area contributed by atoms with Gasteiger partial charge in [0.1, 0.15) is 5.69 Å². The van der Waals surface area contributed by atoms with Crippen molar-refractivity contribution in [2.45, 2.75) is 12.8 Å². The SMILES string of the molecule is O=C(N/N=C1/C[C@H]2C=CC[C@@H]12)c1ccccn1. The van der Waals surface area contributed by atoms with E-state index >= 15 is 0 Å². The minimum Gasteiger partial charge on any atom is -0.266 e. The molecule has 17 heavy (non-hydrogen) atoms. The third-order valence-electron chi connectivity index (χ3n) is 3.36. The lowest BCUT2D eigenvalue weighted by Gasteiger charge is -2.31. The summed E-state index contributed by atoms with van der Waals surface area (Å²) < 4.78 is 0. The maximum atomic E-state index is 11.7. The fraction of sp³-hybridized carbons (Fsp3) is 0.308. The minimum absolute atomic E-state index is 0.243. The summed E-state index contributed by atoms with van der Waals surface area (Å²) >= 11 is 0. The molecule has 2 aliphatic rings. The molecule has 0 spiro atoms. The van der Waals surface area contributed by atoms with Crippen molar-refractivity contribution in [1.29, 1.82) is 0 Å². The van der Waals surface area contributed by atoms with Crippen molar-refractivity contribution in [3.8, 4) is 0 Å². The molecule has 1 amide bonds. The van der Waals surface area contributed by atoms with Crippen LogP contribution in [0.4, 0.5) is 0 Å². The van der Waals surface area contributed by atoms with E-state index in [-0.39, 0.29) is 5.91 Å². The second kappa shape index (κ2) is 4.13. The first-order chi connectivity index (χ1) is 8.34. The Morgan fingerprint density at radius 2 is 2.41 bits per heavy atom. The summed E-state index contributed by atoms with van der Waals surface area (Å²) in [7, 11) is 0. The number of fused-ring (bicyclic) bond motifs is 1. The quantitative estimate of drug-likeness (QED) is 0.618. The number of hydrogen-bond acceptors (Lipinski definition) is 3. The van der Waals surface area contributed by atoms with Crippen LogP contribution in [0.5, 0.6) is 0 Å². The third-order valence-corrected chi connectivity index (χ3v) is 3.36. The second-order valence-electron chi connectivity index (χ2n) is 4.40. The number of pyridine rings is 1. The van der Waals surface area contributed by atoms with E-state index in [9.17, 15) is 4.79 Å². The Morgan fingerprint density at radius 1 is 1.47 bits per heavy atom. The summed E-state index contributed by atoms with van der Waals surface area (Å²) in [6.45, 7) is 0. The van der Waals surface area contributed by atoms with Crippen molar-refractivity contribution >= 4 is 11.6 Å². The van der Waals surface area contributed by atoms with Gasteiger partial charge in [-0.2, -0.15) is 5.10 Å². The van der Waals surface area contributed by atoms with E-state index in [0.29, 0.717) is 17.5 Å². The number of nitrogens with one attached hydrogen (secondary N) is 1. The number of allylic oxidation sites excluding steroid dienone is 2. The fourth-order valence-electron chi connectivity index (χ4n) is 2.34. The molecule has 2 aliphatic carbocycles. The number of hydrogen-bond donors (Lipinski definition) is 1. The van der Waals surface area contributed by atoms with Crippen molar-refractivity contribution in [1.82, 2.24) is 10.4 Å². The van der Waals surface area contributed by atoms with Crippen LogP contribution in [-0.2, 0) is 0 Å². The molecule has 1 aromatic heterocycles. The number of rotatable bonds is 2. The van der Waals surface area contributed by atoms with Gasteiger partial charge in [0.05, 0.1) is 0 Å². The summed E-state index contributed by atoms with van der Waals surface area (Å²) in [4.78, 5) is 15.7. The molecule has 0 aromatic carbocycles. The number of carbonyl (C=O) groups is 1. The first kappa shape index (κ1) is 10.2. The smallest absolute Gasteiger partial charge is 0.266 e. The molecule has 0 saturated heterocycles. The van der Waals surface area contributed by atoms with Gasteiger partial charge in [0.15, 0.2) is 0 Å². The van der Waals surface area contributed by atoms with Crippen molar-refractivity contribution in [3.05, 3.63) is 42.2 Å². The van der Waals surface area contributed by atoms with Gasteiger partial charge in [-0.25, -0.2) is 5.43 Å². The molecule has 0 unspecified atom stereocenters. The molecule has 1 heterocycles. The van der Waals surface area contributed by atoms with Gasteiger partial charge in [0, 0.05) is 17.8 Å². The van der Waals surface area contributed by atoms with Gasteiger partial charge in [0.2, 0.25) is 0 Å². The molecule has 2 atom stereocenters. The van der Waals surface area contributed by atoms with Crippen LogP contribution < -0.4 is 5.43 Å². The Bertz CT molecular complexity index is 493. The van der Waals surface area contributed by atoms with E-state index < -0.39 is 0 Å². The first-order valence-electron chi connectivity index (χ1n) is 5.79. The molecule has 1 aromatic rings. The van der Waals surface area contributed by atoms with Gasteiger partial charge in [0.25, 0.3) is 5.91 Å². The van der Waals surface area contributed by atoms with Crippen LogP contribution in [0.15, 0.2) is 41.6 Å². The molecule has 1 saturated carbocycles. The van der Waals surface area contributed by atoms with E-state index in [2.05, 4.69) is 27.7 Å². The molecule has 0 bridgehead atoms. The zero-order valence-corrected chi connectivity index (χ0v) is 9.34. The lowest BCUT2D eigenvalue weighted by atomic mass is 9.74. The lowest BCUT2D eigenvalue weighted by molar-refractivity contribution is 0.0949. The minimum atomic E-state index is -0.243. The normalized spacial score (nSPS) is 27.6. The van der Waals surface area contributed by atoms with E-state index in [1.54, 1.807) is 24.4 Å². The van der Waals surface area contributed by atoms with Crippen LogP contribution in [0.3, 0.4) is 0 Å². The average Bonchev–Trinajstić information content (AvgIpc) is 2.72. The zero-order chi connectivity index (χ0) is 11.7. The highest BCUT2D eigenvalue weighted by atomic mass is 16.2. The van der Waals surface area contributed by atoms with E-state index in [4.69, 9.17) is 0 Å². The van der Waals surface area contributed by atoms with Gasteiger partial charge in [-0.15, -0.1) is 0 Å². The average molecular weight is 227 g/mol. The highest BCUT2D eigenvalue weighted by Gasteiger charge is 2.37. The number of amides is 1. The van der Waals surface area contributed by atoms with Crippen LogP contribution >= 0.6 is 0 Å². The standard InChI is InChI=1S/C13H13N3O/c17-13(11-6-1-2-7-14-11)16-15-12-8-9-4-3-5-10(9)12/h1-4,6-7,9-10H,5,8H2,(H,16,17)/b15-12-/t9-,10-/m1/s1. The molecule has 1 fully saturated rings. The number of nitrogens with zero attached hydrogens (tertiary/aromatic N) is 2. The largest absolute Gasteiger partial charge is 0.289 e. The summed E-state index contributed by atoms with van der Waals surface area (Å²) in [5.41, 5.74) is 4.07. The van der Waals surface area contributed by atoms with Gasteiger partial charge in [-0.3, -0.25) is 9.78 Å². The predicted octanol–water partition coefficient (Wildman–Crippen LogP) is 1.76. The maximum Gasteiger partial charge on any atom is 0.289 e. The summed E-state index contributed by atoms with van der Waals surface area (Å²) in [6.07, 6.45) is 8.07. The Balaban J connectivity index is 1.62.